The van der Waals surface area contributed by atoms with Gasteiger partial charge in [-0.1, -0.05) is 66.2 Å². The molecule has 0 aromatic heterocycles. The second-order valence-electron chi connectivity index (χ2n) is 9.60. The lowest BCUT2D eigenvalue weighted by atomic mass is 9.98. The highest BCUT2D eigenvalue weighted by atomic mass is 32.2. The molecule has 4 aromatic rings. The SMILES string of the molecule is Cc1ccc(-c2ccc(C(F)(F)C(C=O)NSc3ccc4cc(OC5CCCC5)ccc4c3)cc2)cc1. The van der Waals surface area contributed by atoms with Crippen LogP contribution < -0.4 is 9.46 Å². The van der Waals surface area contributed by atoms with Gasteiger partial charge in [-0.2, -0.15) is 8.78 Å². The summed E-state index contributed by atoms with van der Waals surface area (Å²) in [5.74, 6) is -2.52. The molecule has 0 bridgehead atoms. The minimum Gasteiger partial charge on any atom is -0.490 e. The fraction of sp³-hybridized carbons (Fsp3) is 0.258. The van der Waals surface area contributed by atoms with Crippen molar-refractivity contribution in [2.24, 2.45) is 0 Å². The maximum absolute atomic E-state index is 15.3. The number of aldehydes is 1. The summed E-state index contributed by atoms with van der Waals surface area (Å²) in [5, 5.41) is 2.00. The van der Waals surface area contributed by atoms with Gasteiger partial charge >= 0.3 is 0 Å². The third-order valence-corrected chi connectivity index (χ3v) is 7.73. The van der Waals surface area contributed by atoms with Crippen LogP contribution in [0.15, 0.2) is 89.8 Å². The van der Waals surface area contributed by atoms with Gasteiger partial charge in [-0.05, 0) is 90.7 Å². The molecule has 6 heteroatoms. The molecule has 190 valence electrons. The summed E-state index contributed by atoms with van der Waals surface area (Å²) in [6.45, 7) is 2.00. The number of aryl methyl sites for hydroxylation is 1. The summed E-state index contributed by atoms with van der Waals surface area (Å²) in [7, 11) is 0. The number of rotatable bonds is 9. The minimum absolute atomic E-state index is 0.207. The highest BCUT2D eigenvalue weighted by molar-refractivity contribution is 7.97. The number of halogens is 2. The second-order valence-corrected chi connectivity index (χ2v) is 10.5. The molecule has 0 radical (unpaired) electrons. The first-order valence-electron chi connectivity index (χ1n) is 12.6. The molecule has 0 amide bonds. The highest BCUT2D eigenvalue weighted by Crippen LogP contribution is 2.35. The molecule has 0 spiro atoms. The minimum atomic E-state index is -3.37. The fourth-order valence-corrected chi connectivity index (χ4v) is 5.46. The van der Waals surface area contributed by atoms with Crippen LogP contribution in [0.1, 0.15) is 36.8 Å². The monoisotopic (exact) mass is 517 g/mol. The number of carbonyl (C=O) groups excluding carboxylic acids is 1. The van der Waals surface area contributed by atoms with E-state index in [2.05, 4.69) is 4.72 Å². The molecule has 1 unspecified atom stereocenters. The van der Waals surface area contributed by atoms with E-state index in [0.29, 0.717) is 0 Å². The second kappa shape index (κ2) is 11.0. The van der Waals surface area contributed by atoms with Crippen LogP contribution in [0.25, 0.3) is 21.9 Å². The van der Waals surface area contributed by atoms with Gasteiger partial charge in [0, 0.05) is 10.5 Å². The first kappa shape index (κ1) is 25.4. The Morgan fingerprint density at radius 2 is 1.51 bits per heavy atom. The van der Waals surface area contributed by atoms with Crippen molar-refractivity contribution in [1.29, 1.82) is 0 Å². The summed E-state index contributed by atoms with van der Waals surface area (Å²) in [6, 6.07) is 24.0. The van der Waals surface area contributed by atoms with Crippen LogP contribution in [0, 0.1) is 6.92 Å². The van der Waals surface area contributed by atoms with Crippen LogP contribution in [-0.4, -0.2) is 18.4 Å². The van der Waals surface area contributed by atoms with Crippen molar-refractivity contribution in [2.75, 3.05) is 0 Å². The zero-order valence-corrected chi connectivity index (χ0v) is 21.4. The van der Waals surface area contributed by atoms with Crippen LogP contribution in [0.5, 0.6) is 5.75 Å². The van der Waals surface area contributed by atoms with Crippen molar-refractivity contribution in [3.63, 3.8) is 0 Å². The normalized spacial score (nSPS) is 15.1. The largest absolute Gasteiger partial charge is 0.490 e. The van der Waals surface area contributed by atoms with E-state index in [1.165, 1.54) is 25.0 Å². The van der Waals surface area contributed by atoms with Crippen molar-refractivity contribution < 1.29 is 18.3 Å². The molecule has 1 atom stereocenters. The van der Waals surface area contributed by atoms with Crippen LogP contribution in [0.4, 0.5) is 8.78 Å². The van der Waals surface area contributed by atoms with E-state index >= 15 is 8.78 Å². The Bertz CT molecular complexity index is 1370. The summed E-state index contributed by atoms with van der Waals surface area (Å²) in [4.78, 5) is 12.4. The lowest BCUT2D eigenvalue weighted by Gasteiger charge is -2.24. The Morgan fingerprint density at radius 3 is 2.19 bits per heavy atom. The van der Waals surface area contributed by atoms with Gasteiger partial charge in [-0.15, -0.1) is 0 Å². The molecule has 1 fully saturated rings. The Labute approximate surface area is 220 Å². The molecule has 1 N–H and O–H groups in total. The average molecular weight is 518 g/mol. The molecule has 0 heterocycles. The molecular weight excluding hydrogens is 488 g/mol. The van der Waals surface area contributed by atoms with E-state index in [0.717, 1.165) is 62.9 Å². The molecular formula is C31H29F2NO2S. The predicted molar refractivity (Wildman–Crippen MR) is 146 cm³/mol. The topological polar surface area (TPSA) is 38.3 Å². The number of ether oxygens (including phenoxy) is 1. The fourth-order valence-electron chi connectivity index (χ4n) is 4.67. The van der Waals surface area contributed by atoms with Crippen LogP contribution >= 0.6 is 11.9 Å². The lowest BCUT2D eigenvalue weighted by molar-refractivity contribution is -0.119. The van der Waals surface area contributed by atoms with Gasteiger partial charge in [0.05, 0.1) is 6.10 Å². The van der Waals surface area contributed by atoms with Gasteiger partial charge in [-0.25, -0.2) is 4.72 Å². The molecule has 4 aromatic carbocycles. The van der Waals surface area contributed by atoms with Gasteiger partial charge in [0.25, 0.3) is 5.92 Å². The van der Waals surface area contributed by atoms with Gasteiger partial charge in [0.1, 0.15) is 18.1 Å². The van der Waals surface area contributed by atoms with Crippen LogP contribution in [0.3, 0.4) is 0 Å². The highest BCUT2D eigenvalue weighted by Gasteiger charge is 2.41. The molecule has 1 aliphatic carbocycles. The molecule has 5 rings (SSSR count). The lowest BCUT2D eigenvalue weighted by Crippen LogP contribution is -2.41. The molecule has 0 aliphatic heterocycles. The van der Waals surface area contributed by atoms with Crippen LogP contribution in [-0.2, 0) is 10.7 Å². The standard InChI is InChI=1S/C31H29F2NO2S/c1-21-6-8-22(9-7-21)23-10-14-26(15-11-23)31(32,33)30(20-35)34-37-29-17-13-24-18-28(16-12-25(24)19-29)36-27-4-2-3-5-27/h6-20,27,30,34H,2-5H2,1H3. The Kier molecular flexibility index (Phi) is 7.58. The maximum atomic E-state index is 15.3. The number of carbonyl (C=O) groups is 1. The van der Waals surface area contributed by atoms with Gasteiger partial charge in [-0.3, -0.25) is 0 Å². The first-order valence-corrected chi connectivity index (χ1v) is 13.4. The zero-order valence-electron chi connectivity index (χ0n) is 20.6. The smallest absolute Gasteiger partial charge is 0.295 e. The third kappa shape index (κ3) is 5.86. The maximum Gasteiger partial charge on any atom is 0.295 e. The van der Waals surface area contributed by atoms with E-state index in [1.807, 2.05) is 67.6 Å². The predicted octanol–water partition coefficient (Wildman–Crippen LogP) is 8.09. The number of benzene rings is 4. The summed E-state index contributed by atoms with van der Waals surface area (Å²) >= 11 is 1.03. The third-order valence-electron chi connectivity index (χ3n) is 6.87. The summed E-state index contributed by atoms with van der Waals surface area (Å²) < 4.78 is 39.3. The van der Waals surface area contributed by atoms with Crippen molar-refractivity contribution in [3.05, 3.63) is 96.1 Å². The zero-order chi connectivity index (χ0) is 25.8. The first-order chi connectivity index (χ1) is 17.9. The molecule has 37 heavy (non-hydrogen) atoms. The van der Waals surface area contributed by atoms with Crippen molar-refractivity contribution in [1.82, 2.24) is 4.72 Å². The van der Waals surface area contributed by atoms with E-state index in [1.54, 1.807) is 12.1 Å². The number of alkyl halides is 2. The number of hydrogen-bond acceptors (Lipinski definition) is 4. The molecule has 1 saturated carbocycles. The molecule has 1 aliphatic rings. The van der Waals surface area contributed by atoms with Gasteiger partial charge in [0.15, 0.2) is 0 Å². The van der Waals surface area contributed by atoms with Crippen LogP contribution in [0.2, 0.25) is 0 Å². The van der Waals surface area contributed by atoms with Crippen molar-refractivity contribution in [3.8, 4) is 16.9 Å². The average Bonchev–Trinajstić information content (AvgIpc) is 3.42. The van der Waals surface area contributed by atoms with E-state index in [9.17, 15) is 4.79 Å². The number of nitrogens with one attached hydrogen (secondary N) is 1. The van der Waals surface area contributed by atoms with Gasteiger partial charge < -0.3 is 9.53 Å². The molecule has 0 saturated heterocycles. The van der Waals surface area contributed by atoms with E-state index < -0.39 is 12.0 Å². The van der Waals surface area contributed by atoms with Crippen molar-refractivity contribution >= 4 is 29.0 Å². The summed E-state index contributed by atoms with van der Waals surface area (Å²) in [5.41, 5.74) is 2.72. The van der Waals surface area contributed by atoms with E-state index in [4.69, 9.17) is 4.74 Å². The number of fused-ring (bicyclic) bond motifs is 1. The quantitative estimate of drug-likeness (QED) is 0.180. The Hall–Kier alpha value is -3.22. The number of hydrogen-bond donors (Lipinski definition) is 1. The summed E-state index contributed by atoms with van der Waals surface area (Å²) in [6.07, 6.45) is 5.18. The Balaban J connectivity index is 1.25. The van der Waals surface area contributed by atoms with Gasteiger partial charge in [0.2, 0.25) is 0 Å². The van der Waals surface area contributed by atoms with Crippen molar-refractivity contribution in [2.45, 2.75) is 55.6 Å². The molecule has 3 nitrogen and oxygen atoms in total. The van der Waals surface area contributed by atoms with E-state index in [-0.39, 0.29) is 18.0 Å². The Morgan fingerprint density at radius 1 is 0.892 bits per heavy atom.